The van der Waals surface area contributed by atoms with Gasteiger partial charge >= 0.3 is 5.97 Å². The first-order valence-electron chi connectivity index (χ1n) is 11.3. The number of carboxylic acids is 1. The summed E-state index contributed by atoms with van der Waals surface area (Å²) in [5.41, 5.74) is 1.57. The zero-order valence-corrected chi connectivity index (χ0v) is 18.7. The molecule has 0 bridgehead atoms. The van der Waals surface area contributed by atoms with E-state index < -0.39 is 11.6 Å². The first kappa shape index (κ1) is 21.4. The molecular formula is C28H32O3. The van der Waals surface area contributed by atoms with Crippen molar-refractivity contribution < 1.29 is 14.6 Å². The Kier molecular flexibility index (Phi) is 6.04. The fraction of sp³-hybridized carbons (Fsp3) is 0.393. The second-order valence-corrected chi connectivity index (χ2v) is 9.57. The van der Waals surface area contributed by atoms with Gasteiger partial charge in [-0.2, -0.15) is 0 Å². The van der Waals surface area contributed by atoms with Crippen LogP contribution in [-0.4, -0.2) is 16.7 Å². The molecule has 0 amide bonds. The summed E-state index contributed by atoms with van der Waals surface area (Å²) < 4.78 is 5.64. The van der Waals surface area contributed by atoms with Crippen LogP contribution in [0.2, 0.25) is 0 Å². The topological polar surface area (TPSA) is 46.5 Å². The van der Waals surface area contributed by atoms with E-state index in [1.165, 1.54) is 47.6 Å². The van der Waals surface area contributed by atoms with Gasteiger partial charge in [-0.25, -0.2) is 4.79 Å². The molecule has 0 spiro atoms. The number of hydrogen-bond acceptors (Lipinski definition) is 2. The van der Waals surface area contributed by atoms with Gasteiger partial charge in [0.15, 0.2) is 5.60 Å². The summed E-state index contributed by atoms with van der Waals surface area (Å²) in [6.07, 6.45) is 4.92. The lowest BCUT2D eigenvalue weighted by atomic mass is 9.86. The highest BCUT2D eigenvalue weighted by Crippen LogP contribution is 2.43. The third kappa shape index (κ3) is 4.76. The highest BCUT2D eigenvalue weighted by molar-refractivity contribution is 5.86. The number of hydrogen-bond donors (Lipinski definition) is 1. The lowest BCUT2D eigenvalue weighted by Crippen LogP contribution is -2.37. The van der Waals surface area contributed by atoms with Gasteiger partial charge in [0.2, 0.25) is 0 Å². The summed E-state index contributed by atoms with van der Waals surface area (Å²) in [4.78, 5) is 11.3. The van der Waals surface area contributed by atoms with Crippen LogP contribution in [0.4, 0.5) is 0 Å². The Balaban J connectivity index is 1.38. The van der Waals surface area contributed by atoms with Crippen LogP contribution >= 0.6 is 0 Å². The molecule has 0 aromatic heterocycles. The van der Waals surface area contributed by atoms with Gasteiger partial charge in [-0.1, -0.05) is 61.5 Å². The molecule has 4 rings (SSSR count). The van der Waals surface area contributed by atoms with Crippen LogP contribution in [0.5, 0.6) is 5.75 Å². The van der Waals surface area contributed by atoms with Crippen molar-refractivity contribution in [2.45, 2.75) is 63.9 Å². The highest BCUT2D eigenvalue weighted by Gasteiger charge is 2.30. The first-order valence-corrected chi connectivity index (χ1v) is 11.3. The van der Waals surface area contributed by atoms with Crippen LogP contribution in [0, 0.1) is 5.92 Å². The molecule has 1 saturated carbocycles. The smallest absolute Gasteiger partial charge is 0.347 e. The number of carbonyl (C=O) groups is 1. The zero-order chi connectivity index (χ0) is 22.0. The van der Waals surface area contributed by atoms with Crippen molar-refractivity contribution in [3.8, 4) is 5.75 Å². The Bertz CT molecular complexity index is 1050. The molecule has 0 radical (unpaired) electrons. The van der Waals surface area contributed by atoms with Gasteiger partial charge in [0.05, 0.1) is 0 Å². The number of benzene rings is 3. The summed E-state index contributed by atoms with van der Waals surface area (Å²) in [5, 5.41) is 12.0. The van der Waals surface area contributed by atoms with Crippen molar-refractivity contribution in [2.75, 3.05) is 0 Å². The van der Waals surface area contributed by atoms with Crippen molar-refractivity contribution in [3.63, 3.8) is 0 Å². The van der Waals surface area contributed by atoms with Gasteiger partial charge in [-0.3, -0.25) is 0 Å². The third-order valence-corrected chi connectivity index (χ3v) is 6.82. The monoisotopic (exact) mass is 416 g/mol. The normalized spacial score (nSPS) is 20.0. The molecule has 3 heteroatoms. The summed E-state index contributed by atoms with van der Waals surface area (Å²) in [6, 6.07) is 23.4. The van der Waals surface area contributed by atoms with Crippen LogP contribution in [0.1, 0.15) is 69.4 Å². The van der Waals surface area contributed by atoms with Crippen LogP contribution in [0.3, 0.4) is 0 Å². The average Bonchev–Trinajstić information content (AvgIpc) is 3.22. The highest BCUT2D eigenvalue weighted by atomic mass is 16.5. The van der Waals surface area contributed by atoms with Crippen LogP contribution in [-0.2, 0) is 4.79 Å². The minimum atomic E-state index is -1.22. The molecule has 3 aromatic rings. The molecule has 3 nitrogen and oxygen atoms in total. The van der Waals surface area contributed by atoms with Gasteiger partial charge in [0.25, 0.3) is 0 Å². The maximum absolute atomic E-state index is 11.3. The fourth-order valence-corrected chi connectivity index (χ4v) is 5.05. The van der Waals surface area contributed by atoms with Crippen LogP contribution in [0.25, 0.3) is 10.8 Å². The molecule has 0 saturated heterocycles. The average molecular weight is 417 g/mol. The van der Waals surface area contributed by atoms with Crippen molar-refractivity contribution in [2.24, 2.45) is 5.92 Å². The van der Waals surface area contributed by atoms with E-state index in [0.29, 0.717) is 17.6 Å². The van der Waals surface area contributed by atoms with E-state index in [0.717, 1.165) is 5.92 Å². The van der Waals surface area contributed by atoms with Crippen molar-refractivity contribution in [1.82, 2.24) is 0 Å². The second kappa shape index (κ2) is 8.74. The lowest BCUT2D eigenvalue weighted by molar-refractivity contribution is -0.152. The van der Waals surface area contributed by atoms with E-state index in [2.05, 4.69) is 61.5 Å². The predicted molar refractivity (Wildman–Crippen MR) is 126 cm³/mol. The summed E-state index contributed by atoms with van der Waals surface area (Å²) in [7, 11) is 0. The standard InChI is InChI=1S/C28H32O3/c1-19(25-10-6-8-22-7-4-5-9-26(22)25)17-20-11-12-23(18-20)21-13-15-24(16-14-21)31-28(2,3)27(29)30/h4-10,13-16,19-20,23H,11-12,17-18H2,1-3H3,(H,29,30)/t19-,20+,23+/m0/s1. The van der Waals surface area contributed by atoms with Crippen molar-refractivity contribution in [1.29, 1.82) is 0 Å². The van der Waals surface area contributed by atoms with E-state index in [1.54, 1.807) is 13.8 Å². The molecule has 1 aliphatic carbocycles. The molecule has 0 unspecified atom stereocenters. The van der Waals surface area contributed by atoms with E-state index in [1.807, 2.05) is 12.1 Å². The van der Waals surface area contributed by atoms with Crippen molar-refractivity contribution >= 4 is 16.7 Å². The van der Waals surface area contributed by atoms with Gasteiger partial charge in [-0.05, 0) is 91.3 Å². The second-order valence-electron chi connectivity index (χ2n) is 9.57. The Morgan fingerprint density at radius 1 is 1.03 bits per heavy atom. The molecule has 0 heterocycles. The predicted octanol–water partition coefficient (Wildman–Crippen LogP) is 7.16. The number of ether oxygens (including phenoxy) is 1. The minimum Gasteiger partial charge on any atom is -0.478 e. The Hall–Kier alpha value is -2.81. The van der Waals surface area contributed by atoms with Gasteiger partial charge in [0.1, 0.15) is 5.75 Å². The largest absolute Gasteiger partial charge is 0.478 e. The zero-order valence-electron chi connectivity index (χ0n) is 18.7. The maximum Gasteiger partial charge on any atom is 0.347 e. The molecule has 3 atom stereocenters. The van der Waals surface area contributed by atoms with Gasteiger partial charge < -0.3 is 9.84 Å². The summed E-state index contributed by atoms with van der Waals surface area (Å²) >= 11 is 0. The molecule has 162 valence electrons. The summed E-state index contributed by atoms with van der Waals surface area (Å²) in [5.74, 6) is 1.50. The molecule has 31 heavy (non-hydrogen) atoms. The molecule has 0 aliphatic heterocycles. The quantitative estimate of drug-likeness (QED) is 0.444. The summed E-state index contributed by atoms with van der Waals surface area (Å²) in [6.45, 7) is 5.51. The Morgan fingerprint density at radius 2 is 1.74 bits per heavy atom. The van der Waals surface area contributed by atoms with Gasteiger partial charge in [-0.15, -0.1) is 0 Å². The van der Waals surface area contributed by atoms with Crippen LogP contribution in [0.15, 0.2) is 66.7 Å². The number of carboxylic acid groups (broad SMARTS) is 1. The SMILES string of the molecule is C[C@@H](C[C@H]1CC[C@@H](c2ccc(OC(C)(C)C(=O)O)cc2)C1)c1cccc2ccccc12. The van der Waals surface area contributed by atoms with E-state index in [9.17, 15) is 9.90 Å². The number of aliphatic carboxylic acids is 1. The molecule has 1 N–H and O–H groups in total. The first-order chi connectivity index (χ1) is 14.8. The molecule has 1 fully saturated rings. The third-order valence-electron chi connectivity index (χ3n) is 6.82. The Labute approximate surface area is 185 Å². The lowest BCUT2D eigenvalue weighted by Gasteiger charge is -2.22. The molecule has 1 aliphatic rings. The number of fused-ring (bicyclic) bond motifs is 1. The van der Waals surface area contributed by atoms with Gasteiger partial charge in [0, 0.05) is 0 Å². The van der Waals surface area contributed by atoms with E-state index in [-0.39, 0.29) is 0 Å². The molecule has 3 aromatic carbocycles. The van der Waals surface area contributed by atoms with Crippen LogP contribution < -0.4 is 4.74 Å². The fourth-order valence-electron chi connectivity index (χ4n) is 5.05. The minimum absolute atomic E-state index is 0.545. The van der Waals surface area contributed by atoms with E-state index in [4.69, 9.17) is 4.74 Å². The number of rotatable bonds is 7. The van der Waals surface area contributed by atoms with E-state index >= 15 is 0 Å². The Morgan fingerprint density at radius 3 is 2.48 bits per heavy atom. The van der Waals surface area contributed by atoms with Crippen molar-refractivity contribution in [3.05, 3.63) is 77.9 Å². The maximum atomic E-state index is 11.3. The molecular weight excluding hydrogens is 384 g/mol.